The van der Waals surface area contributed by atoms with Crippen LogP contribution in [0.5, 0.6) is 0 Å². The van der Waals surface area contributed by atoms with Crippen LogP contribution in [0.4, 0.5) is 0 Å². The average Bonchev–Trinajstić information content (AvgIpc) is 2.17. The lowest BCUT2D eigenvalue weighted by atomic mass is 9.79. The first-order chi connectivity index (χ1) is 6.53. The molecule has 1 fully saturated rings. The van der Waals surface area contributed by atoms with E-state index in [0.717, 1.165) is 26.2 Å². The second-order valence-corrected chi connectivity index (χ2v) is 4.98. The summed E-state index contributed by atoms with van der Waals surface area (Å²) in [6, 6.07) is 0. The molecule has 1 aliphatic rings. The quantitative estimate of drug-likeness (QED) is 0.692. The Morgan fingerprint density at radius 2 is 1.79 bits per heavy atom. The maximum Gasteiger partial charge on any atom is 0.0854 e. The zero-order valence-electron chi connectivity index (χ0n) is 10.3. The molecule has 0 radical (unpaired) electrons. The molecule has 2 nitrogen and oxygen atoms in total. The highest BCUT2D eigenvalue weighted by Crippen LogP contribution is 2.33. The number of morpholine rings is 1. The van der Waals surface area contributed by atoms with Crippen molar-refractivity contribution in [1.82, 2.24) is 4.90 Å². The molecule has 14 heavy (non-hydrogen) atoms. The Hall–Kier alpha value is -0.0800. The van der Waals surface area contributed by atoms with Crippen LogP contribution in [0.15, 0.2) is 0 Å². The summed E-state index contributed by atoms with van der Waals surface area (Å²) < 4.78 is 6.08. The third-order valence-corrected chi connectivity index (χ3v) is 3.65. The largest absolute Gasteiger partial charge is 0.372 e. The topological polar surface area (TPSA) is 12.5 Å². The second kappa shape index (κ2) is 4.63. The summed E-state index contributed by atoms with van der Waals surface area (Å²) in [5.41, 5.74) is 0.0776. The van der Waals surface area contributed by atoms with Crippen LogP contribution in [0.25, 0.3) is 0 Å². The maximum atomic E-state index is 6.08. The fraction of sp³-hybridized carbons (Fsp3) is 1.00. The third-order valence-electron chi connectivity index (χ3n) is 3.65. The van der Waals surface area contributed by atoms with Crippen molar-refractivity contribution in [2.75, 3.05) is 26.2 Å². The summed E-state index contributed by atoms with van der Waals surface area (Å²) in [6.07, 6.45) is 0. The van der Waals surface area contributed by atoms with Gasteiger partial charge in [0, 0.05) is 13.1 Å². The van der Waals surface area contributed by atoms with E-state index < -0.39 is 0 Å². The summed E-state index contributed by atoms with van der Waals surface area (Å²) in [4.78, 5) is 2.50. The molecular weight excluding hydrogens is 174 g/mol. The number of nitrogens with zero attached hydrogens (tertiary/aromatic N) is 1. The summed E-state index contributed by atoms with van der Waals surface area (Å²) >= 11 is 0. The molecule has 84 valence electrons. The van der Waals surface area contributed by atoms with Gasteiger partial charge >= 0.3 is 0 Å². The zero-order chi connectivity index (χ0) is 10.8. The predicted octanol–water partition coefficient (Wildman–Crippen LogP) is 2.39. The Balaban J connectivity index is 2.76. The summed E-state index contributed by atoms with van der Waals surface area (Å²) in [5, 5.41) is 0. The van der Waals surface area contributed by atoms with Gasteiger partial charge in [-0.15, -0.1) is 0 Å². The van der Waals surface area contributed by atoms with Gasteiger partial charge in [-0.3, -0.25) is 4.90 Å². The van der Waals surface area contributed by atoms with Gasteiger partial charge in [0.2, 0.25) is 0 Å². The zero-order valence-corrected chi connectivity index (χ0v) is 10.3. The third kappa shape index (κ3) is 2.12. The first-order valence-corrected chi connectivity index (χ1v) is 5.89. The Labute approximate surface area is 88.6 Å². The lowest BCUT2D eigenvalue weighted by Gasteiger charge is -2.48. The van der Waals surface area contributed by atoms with Gasteiger partial charge in [0.25, 0.3) is 0 Å². The SMILES string of the molecule is CCN1CCOC(C(C)C)(C(C)C)C1. The molecule has 1 aliphatic heterocycles. The van der Waals surface area contributed by atoms with Crippen LogP contribution in [0.1, 0.15) is 34.6 Å². The molecule has 0 N–H and O–H groups in total. The van der Waals surface area contributed by atoms with Crippen LogP contribution >= 0.6 is 0 Å². The van der Waals surface area contributed by atoms with Gasteiger partial charge < -0.3 is 4.74 Å². The molecule has 0 amide bonds. The number of ether oxygens (including phenoxy) is 1. The van der Waals surface area contributed by atoms with Crippen molar-refractivity contribution in [2.45, 2.75) is 40.2 Å². The van der Waals surface area contributed by atoms with E-state index in [1.807, 2.05) is 0 Å². The lowest BCUT2D eigenvalue weighted by Crippen LogP contribution is -2.57. The van der Waals surface area contributed by atoms with Crippen LogP contribution in [-0.2, 0) is 4.74 Å². The average molecular weight is 199 g/mol. The molecule has 0 aromatic heterocycles. The van der Waals surface area contributed by atoms with Crippen LogP contribution in [0.3, 0.4) is 0 Å². The minimum atomic E-state index is 0.0776. The Morgan fingerprint density at radius 1 is 1.21 bits per heavy atom. The van der Waals surface area contributed by atoms with E-state index in [4.69, 9.17) is 4.74 Å². The minimum Gasteiger partial charge on any atom is -0.372 e. The van der Waals surface area contributed by atoms with Crippen LogP contribution in [0, 0.1) is 11.8 Å². The standard InChI is InChI=1S/C12H25NO/c1-6-13-7-8-14-12(9-13,10(2)3)11(4)5/h10-11H,6-9H2,1-5H3. The second-order valence-electron chi connectivity index (χ2n) is 4.98. The van der Waals surface area contributed by atoms with Crippen LogP contribution < -0.4 is 0 Å². The van der Waals surface area contributed by atoms with E-state index in [1.165, 1.54) is 0 Å². The van der Waals surface area contributed by atoms with Crippen molar-refractivity contribution < 1.29 is 4.74 Å². The first-order valence-electron chi connectivity index (χ1n) is 5.89. The lowest BCUT2D eigenvalue weighted by molar-refractivity contribution is -0.159. The monoisotopic (exact) mass is 199 g/mol. The molecule has 2 heteroatoms. The number of hydrogen-bond donors (Lipinski definition) is 0. The molecule has 0 aromatic rings. The number of hydrogen-bond acceptors (Lipinski definition) is 2. The summed E-state index contributed by atoms with van der Waals surface area (Å²) in [7, 11) is 0. The number of likely N-dealkylation sites (N-methyl/N-ethyl adjacent to an activating group) is 1. The molecule has 1 saturated heterocycles. The van der Waals surface area contributed by atoms with E-state index in [2.05, 4.69) is 39.5 Å². The number of rotatable bonds is 3. The normalized spacial score (nSPS) is 23.4. The highest BCUT2D eigenvalue weighted by Gasteiger charge is 2.41. The van der Waals surface area contributed by atoms with E-state index in [-0.39, 0.29) is 5.60 Å². The Kier molecular flexibility index (Phi) is 3.96. The van der Waals surface area contributed by atoms with E-state index in [1.54, 1.807) is 0 Å². The molecule has 0 atom stereocenters. The van der Waals surface area contributed by atoms with Gasteiger partial charge in [-0.25, -0.2) is 0 Å². The molecular formula is C12H25NO. The minimum absolute atomic E-state index is 0.0776. The highest BCUT2D eigenvalue weighted by molar-refractivity contribution is 4.92. The molecule has 0 unspecified atom stereocenters. The Morgan fingerprint density at radius 3 is 2.21 bits per heavy atom. The molecule has 0 aliphatic carbocycles. The van der Waals surface area contributed by atoms with Gasteiger partial charge in [0.15, 0.2) is 0 Å². The molecule has 0 aromatic carbocycles. The summed E-state index contributed by atoms with van der Waals surface area (Å²) in [6.45, 7) is 15.6. The van der Waals surface area contributed by atoms with E-state index in [0.29, 0.717) is 11.8 Å². The van der Waals surface area contributed by atoms with Gasteiger partial charge in [0.1, 0.15) is 0 Å². The molecule has 0 bridgehead atoms. The van der Waals surface area contributed by atoms with Crippen molar-refractivity contribution in [3.05, 3.63) is 0 Å². The molecule has 1 rings (SSSR count). The molecule has 0 saturated carbocycles. The smallest absolute Gasteiger partial charge is 0.0854 e. The molecule has 1 heterocycles. The van der Waals surface area contributed by atoms with Crippen molar-refractivity contribution in [3.8, 4) is 0 Å². The van der Waals surface area contributed by atoms with Crippen molar-refractivity contribution in [1.29, 1.82) is 0 Å². The Bertz CT molecular complexity index is 169. The first kappa shape index (κ1) is 12.0. The van der Waals surface area contributed by atoms with Crippen molar-refractivity contribution in [2.24, 2.45) is 11.8 Å². The van der Waals surface area contributed by atoms with E-state index >= 15 is 0 Å². The van der Waals surface area contributed by atoms with Gasteiger partial charge in [-0.1, -0.05) is 34.6 Å². The van der Waals surface area contributed by atoms with Gasteiger partial charge in [0.05, 0.1) is 12.2 Å². The van der Waals surface area contributed by atoms with Crippen molar-refractivity contribution >= 4 is 0 Å². The maximum absolute atomic E-state index is 6.08. The van der Waals surface area contributed by atoms with E-state index in [9.17, 15) is 0 Å². The van der Waals surface area contributed by atoms with Crippen LogP contribution in [-0.4, -0.2) is 36.7 Å². The van der Waals surface area contributed by atoms with Crippen LogP contribution in [0.2, 0.25) is 0 Å². The summed E-state index contributed by atoms with van der Waals surface area (Å²) in [5.74, 6) is 1.19. The molecule has 0 spiro atoms. The predicted molar refractivity (Wildman–Crippen MR) is 60.5 cm³/mol. The fourth-order valence-electron chi connectivity index (χ4n) is 2.47. The van der Waals surface area contributed by atoms with Crippen molar-refractivity contribution in [3.63, 3.8) is 0 Å². The fourth-order valence-corrected chi connectivity index (χ4v) is 2.47. The highest BCUT2D eigenvalue weighted by atomic mass is 16.5. The van der Waals surface area contributed by atoms with Gasteiger partial charge in [-0.2, -0.15) is 0 Å². The van der Waals surface area contributed by atoms with Gasteiger partial charge in [-0.05, 0) is 18.4 Å².